The van der Waals surface area contributed by atoms with Gasteiger partial charge in [0.1, 0.15) is 0 Å². The number of rotatable bonds is 2. The molecule has 3 fully saturated rings. The number of hydrazine groups is 1. The lowest BCUT2D eigenvalue weighted by Gasteiger charge is -2.23. The van der Waals surface area contributed by atoms with Crippen molar-refractivity contribution in [1.82, 2.24) is 10.4 Å². The van der Waals surface area contributed by atoms with E-state index in [2.05, 4.69) is 5.43 Å². The number of nitrogens with one attached hydrogen (secondary N) is 1. The fourth-order valence-electron chi connectivity index (χ4n) is 3.84. The third kappa shape index (κ3) is 2.34. The van der Waals surface area contributed by atoms with E-state index in [-0.39, 0.29) is 35.5 Å². The van der Waals surface area contributed by atoms with Crippen molar-refractivity contribution >= 4 is 17.7 Å². The maximum atomic E-state index is 12.3. The van der Waals surface area contributed by atoms with Crippen LogP contribution in [0.2, 0.25) is 0 Å². The second-order valence-corrected chi connectivity index (χ2v) is 6.32. The van der Waals surface area contributed by atoms with Crippen LogP contribution in [0.1, 0.15) is 57.8 Å². The van der Waals surface area contributed by atoms with Crippen LogP contribution in [0.15, 0.2) is 0 Å². The van der Waals surface area contributed by atoms with E-state index in [1.165, 1.54) is 6.42 Å². The molecular formula is C15H22N2O3. The van der Waals surface area contributed by atoms with Gasteiger partial charge in [-0.3, -0.25) is 19.8 Å². The van der Waals surface area contributed by atoms with Crippen LogP contribution >= 0.6 is 0 Å². The first-order chi connectivity index (χ1) is 9.68. The lowest BCUT2D eigenvalue weighted by atomic mass is 9.81. The van der Waals surface area contributed by atoms with Crippen molar-refractivity contribution in [3.05, 3.63) is 0 Å². The third-order valence-electron chi connectivity index (χ3n) is 5.04. The van der Waals surface area contributed by atoms with Crippen LogP contribution in [0.25, 0.3) is 0 Å². The number of hydrogen-bond acceptors (Lipinski definition) is 3. The van der Waals surface area contributed by atoms with E-state index >= 15 is 0 Å². The molecule has 2 aliphatic carbocycles. The van der Waals surface area contributed by atoms with Gasteiger partial charge in [0.05, 0.1) is 11.8 Å². The van der Waals surface area contributed by atoms with Gasteiger partial charge < -0.3 is 0 Å². The Balaban J connectivity index is 1.66. The van der Waals surface area contributed by atoms with Crippen LogP contribution in [0.5, 0.6) is 0 Å². The highest BCUT2D eigenvalue weighted by molar-refractivity contribution is 6.06. The first-order valence-electron chi connectivity index (χ1n) is 7.87. The van der Waals surface area contributed by atoms with Crippen molar-refractivity contribution in [2.45, 2.75) is 57.8 Å². The van der Waals surface area contributed by atoms with E-state index in [1.54, 1.807) is 0 Å². The van der Waals surface area contributed by atoms with Gasteiger partial charge in [0.25, 0.3) is 11.8 Å². The highest BCUT2D eigenvalue weighted by atomic mass is 16.2. The number of fused-ring (bicyclic) bond motifs is 1. The molecule has 2 saturated carbocycles. The summed E-state index contributed by atoms with van der Waals surface area (Å²) in [5.41, 5.74) is 2.60. The normalized spacial score (nSPS) is 31.3. The highest BCUT2D eigenvalue weighted by Crippen LogP contribution is 2.37. The molecule has 0 aromatic carbocycles. The summed E-state index contributed by atoms with van der Waals surface area (Å²) in [5.74, 6) is -0.949. The van der Waals surface area contributed by atoms with Crippen LogP contribution < -0.4 is 5.43 Å². The van der Waals surface area contributed by atoms with E-state index in [0.29, 0.717) is 0 Å². The molecule has 2 unspecified atom stereocenters. The molecule has 2 atom stereocenters. The van der Waals surface area contributed by atoms with Gasteiger partial charge in [-0.1, -0.05) is 32.1 Å². The first-order valence-corrected chi connectivity index (χ1v) is 7.87. The maximum Gasteiger partial charge on any atom is 0.252 e. The summed E-state index contributed by atoms with van der Waals surface area (Å²) in [6.45, 7) is 0. The number of amides is 3. The SMILES string of the molecule is O=C(NN1C(=O)C2CCCCC2C1=O)C1CCCCC1. The second kappa shape index (κ2) is 5.54. The minimum Gasteiger partial charge on any atom is -0.273 e. The van der Waals surface area contributed by atoms with E-state index < -0.39 is 0 Å². The Morgan fingerprint density at radius 2 is 1.35 bits per heavy atom. The summed E-state index contributed by atoms with van der Waals surface area (Å²) < 4.78 is 0. The minimum atomic E-state index is -0.192. The molecule has 0 radical (unpaired) electrons. The zero-order valence-electron chi connectivity index (χ0n) is 11.8. The fraction of sp³-hybridized carbons (Fsp3) is 0.800. The largest absolute Gasteiger partial charge is 0.273 e. The number of hydrogen-bond donors (Lipinski definition) is 1. The number of imide groups is 1. The zero-order chi connectivity index (χ0) is 14.1. The predicted molar refractivity (Wildman–Crippen MR) is 72.0 cm³/mol. The monoisotopic (exact) mass is 278 g/mol. The van der Waals surface area contributed by atoms with Gasteiger partial charge in [-0.05, 0) is 25.7 Å². The third-order valence-corrected chi connectivity index (χ3v) is 5.04. The number of nitrogens with zero attached hydrogens (tertiary/aromatic N) is 1. The Kier molecular flexibility index (Phi) is 3.76. The molecule has 1 saturated heterocycles. The van der Waals surface area contributed by atoms with Crippen LogP contribution in [0.3, 0.4) is 0 Å². The number of carbonyl (C=O) groups excluding carboxylic acids is 3. The molecule has 20 heavy (non-hydrogen) atoms. The van der Waals surface area contributed by atoms with Crippen molar-refractivity contribution in [1.29, 1.82) is 0 Å². The van der Waals surface area contributed by atoms with Crippen LogP contribution in [0.4, 0.5) is 0 Å². The van der Waals surface area contributed by atoms with Crippen LogP contribution in [0, 0.1) is 17.8 Å². The van der Waals surface area contributed by atoms with Gasteiger partial charge in [0.15, 0.2) is 0 Å². The molecule has 3 aliphatic rings. The van der Waals surface area contributed by atoms with E-state index in [0.717, 1.165) is 56.4 Å². The van der Waals surface area contributed by atoms with E-state index in [9.17, 15) is 14.4 Å². The molecule has 0 aromatic rings. The molecule has 1 aliphatic heterocycles. The Morgan fingerprint density at radius 3 is 1.90 bits per heavy atom. The predicted octanol–water partition coefficient (Wildman–Crippen LogP) is 1.77. The molecule has 0 bridgehead atoms. The van der Waals surface area contributed by atoms with Crippen molar-refractivity contribution in [2.75, 3.05) is 0 Å². The van der Waals surface area contributed by atoms with Gasteiger partial charge >= 0.3 is 0 Å². The molecule has 5 nitrogen and oxygen atoms in total. The summed E-state index contributed by atoms with van der Waals surface area (Å²) in [7, 11) is 0. The molecule has 0 aromatic heterocycles. The molecule has 110 valence electrons. The Bertz CT molecular complexity index is 405. The Hall–Kier alpha value is -1.39. The second-order valence-electron chi connectivity index (χ2n) is 6.32. The summed E-state index contributed by atoms with van der Waals surface area (Å²) >= 11 is 0. The average Bonchev–Trinajstić information content (AvgIpc) is 2.74. The molecule has 3 amide bonds. The maximum absolute atomic E-state index is 12.3. The summed E-state index contributed by atoms with van der Waals surface area (Å²) in [4.78, 5) is 36.7. The lowest BCUT2D eigenvalue weighted by Crippen LogP contribution is -2.49. The van der Waals surface area contributed by atoms with Crippen molar-refractivity contribution in [3.8, 4) is 0 Å². The molecule has 5 heteroatoms. The Morgan fingerprint density at radius 1 is 0.850 bits per heavy atom. The molecule has 1 heterocycles. The van der Waals surface area contributed by atoms with E-state index in [1.807, 2.05) is 0 Å². The fourth-order valence-corrected chi connectivity index (χ4v) is 3.84. The van der Waals surface area contributed by atoms with Gasteiger partial charge in [-0.25, -0.2) is 0 Å². The zero-order valence-corrected chi connectivity index (χ0v) is 11.8. The highest BCUT2D eigenvalue weighted by Gasteiger charge is 2.49. The molecule has 0 spiro atoms. The minimum absolute atomic E-state index is 0.0352. The van der Waals surface area contributed by atoms with Crippen molar-refractivity contribution in [2.24, 2.45) is 17.8 Å². The van der Waals surface area contributed by atoms with Crippen molar-refractivity contribution < 1.29 is 14.4 Å². The van der Waals surface area contributed by atoms with Crippen molar-refractivity contribution in [3.63, 3.8) is 0 Å². The van der Waals surface area contributed by atoms with Crippen LogP contribution in [-0.2, 0) is 14.4 Å². The Labute approximate surface area is 119 Å². The first kappa shape index (κ1) is 13.6. The molecular weight excluding hydrogens is 256 g/mol. The molecule has 1 N–H and O–H groups in total. The van der Waals surface area contributed by atoms with Gasteiger partial charge in [0, 0.05) is 5.92 Å². The summed E-state index contributed by atoms with van der Waals surface area (Å²) in [6, 6.07) is 0. The van der Waals surface area contributed by atoms with Gasteiger partial charge in [-0.2, -0.15) is 5.01 Å². The standard InChI is InChI=1S/C15H22N2O3/c18-13(10-6-2-1-3-7-10)16-17-14(19)11-8-4-5-9-12(11)15(17)20/h10-12H,1-9H2,(H,16,18). The van der Waals surface area contributed by atoms with Gasteiger partial charge in [-0.15, -0.1) is 0 Å². The topological polar surface area (TPSA) is 66.5 Å². The van der Waals surface area contributed by atoms with Crippen LogP contribution in [-0.4, -0.2) is 22.7 Å². The average molecular weight is 278 g/mol. The summed E-state index contributed by atoms with van der Waals surface area (Å²) in [6.07, 6.45) is 8.61. The van der Waals surface area contributed by atoms with Gasteiger partial charge in [0.2, 0.25) is 5.91 Å². The quantitative estimate of drug-likeness (QED) is 0.783. The molecule has 3 rings (SSSR count). The number of carbonyl (C=O) groups is 3. The smallest absolute Gasteiger partial charge is 0.252 e. The lowest BCUT2D eigenvalue weighted by molar-refractivity contribution is -0.150. The summed E-state index contributed by atoms with van der Waals surface area (Å²) in [5, 5.41) is 1.03. The van der Waals surface area contributed by atoms with E-state index in [4.69, 9.17) is 0 Å².